The van der Waals surface area contributed by atoms with E-state index < -0.39 is 38.9 Å². The van der Waals surface area contributed by atoms with Gasteiger partial charge in [-0.2, -0.15) is 13.2 Å². The maximum Gasteiger partial charge on any atom is 0.391 e. The monoisotopic (exact) mass is 325 g/mol. The largest absolute Gasteiger partial charge is 0.391 e. The highest BCUT2D eigenvalue weighted by molar-refractivity contribution is 7.89. The van der Waals surface area contributed by atoms with Gasteiger partial charge in [0.15, 0.2) is 0 Å². The molecule has 2 rings (SSSR count). The molecule has 0 aliphatic heterocycles. The molecule has 1 aliphatic rings. The van der Waals surface area contributed by atoms with Crippen LogP contribution in [0.3, 0.4) is 0 Å². The minimum absolute atomic E-state index is 0.0951. The Morgan fingerprint density at radius 3 is 2.14 bits per heavy atom. The first-order chi connectivity index (χ1) is 9.70. The molecule has 1 aliphatic carbocycles. The maximum absolute atomic E-state index is 13.5. The van der Waals surface area contributed by atoms with Crippen LogP contribution in [0.4, 0.5) is 17.6 Å². The fourth-order valence-electron chi connectivity index (χ4n) is 2.48. The van der Waals surface area contributed by atoms with E-state index >= 15 is 0 Å². The standard InChI is InChI=1S/C13H15F4NO2S/c14-11-3-1-2-4-12(11)21(19,20)18-10-7-5-9(6-8-10)13(15,16)17/h1-4,9-10,18H,5-8H2. The summed E-state index contributed by atoms with van der Waals surface area (Å²) in [4.78, 5) is -0.483. The fourth-order valence-corrected chi connectivity index (χ4v) is 3.87. The lowest BCUT2D eigenvalue weighted by Crippen LogP contribution is -2.40. The van der Waals surface area contributed by atoms with Crippen molar-refractivity contribution >= 4 is 10.0 Å². The Labute approximate surface area is 120 Å². The van der Waals surface area contributed by atoms with Crippen LogP contribution in [0.5, 0.6) is 0 Å². The molecule has 1 N–H and O–H groups in total. The molecule has 0 amide bonds. The first kappa shape index (κ1) is 16.2. The number of rotatable bonds is 3. The molecule has 0 heterocycles. The van der Waals surface area contributed by atoms with Gasteiger partial charge in [0, 0.05) is 6.04 Å². The average Bonchev–Trinajstić information content (AvgIpc) is 2.38. The molecule has 21 heavy (non-hydrogen) atoms. The lowest BCUT2D eigenvalue weighted by molar-refractivity contribution is -0.182. The summed E-state index contributed by atoms with van der Waals surface area (Å²) in [5, 5.41) is 0. The summed E-state index contributed by atoms with van der Waals surface area (Å²) in [6.45, 7) is 0. The molecule has 1 fully saturated rings. The highest BCUT2D eigenvalue weighted by Crippen LogP contribution is 2.37. The van der Waals surface area contributed by atoms with Crippen LogP contribution in [-0.4, -0.2) is 20.6 Å². The van der Waals surface area contributed by atoms with E-state index in [4.69, 9.17) is 0 Å². The molecule has 1 aromatic carbocycles. The zero-order valence-electron chi connectivity index (χ0n) is 11.0. The number of alkyl halides is 3. The van der Waals surface area contributed by atoms with Crippen LogP contribution in [0, 0.1) is 11.7 Å². The zero-order chi connectivity index (χ0) is 15.7. The molecule has 8 heteroatoms. The van der Waals surface area contributed by atoms with E-state index in [1.807, 2.05) is 0 Å². The summed E-state index contributed by atoms with van der Waals surface area (Å²) in [5.41, 5.74) is 0. The molecule has 0 radical (unpaired) electrons. The first-order valence-corrected chi connectivity index (χ1v) is 8.02. The van der Waals surface area contributed by atoms with E-state index in [-0.39, 0.29) is 25.7 Å². The van der Waals surface area contributed by atoms with Crippen molar-refractivity contribution in [3.8, 4) is 0 Å². The van der Waals surface area contributed by atoms with Gasteiger partial charge < -0.3 is 0 Å². The van der Waals surface area contributed by atoms with Crippen molar-refractivity contribution in [1.82, 2.24) is 4.72 Å². The van der Waals surface area contributed by atoms with Crippen molar-refractivity contribution in [3.05, 3.63) is 30.1 Å². The minimum Gasteiger partial charge on any atom is -0.208 e. The summed E-state index contributed by atoms with van der Waals surface area (Å²) < 4.78 is 77.4. The van der Waals surface area contributed by atoms with Crippen molar-refractivity contribution < 1.29 is 26.0 Å². The molecule has 0 spiro atoms. The lowest BCUT2D eigenvalue weighted by atomic mass is 9.86. The Kier molecular flexibility index (Phi) is 4.57. The normalized spacial score (nSPS) is 24.0. The second kappa shape index (κ2) is 5.92. The topological polar surface area (TPSA) is 46.2 Å². The van der Waals surface area contributed by atoms with Crippen molar-refractivity contribution in [3.63, 3.8) is 0 Å². The van der Waals surface area contributed by atoms with E-state index in [9.17, 15) is 26.0 Å². The lowest BCUT2D eigenvalue weighted by Gasteiger charge is -2.30. The number of nitrogens with one attached hydrogen (secondary N) is 1. The molecule has 3 nitrogen and oxygen atoms in total. The van der Waals surface area contributed by atoms with Gasteiger partial charge in [-0.05, 0) is 37.8 Å². The number of benzene rings is 1. The molecular weight excluding hydrogens is 310 g/mol. The van der Waals surface area contributed by atoms with Gasteiger partial charge >= 0.3 is 6.18 Å². The van der Waals surface area contributed by atoms with Crippen LogP contribution in [0.15, 0.2) is 29.2 Å². The van der Waals surface area contributed by atoms with Gasteiger partial charge in [0.2, 0.25) is 10.0 Å². The predicted molar refractivity (Wildman–Crippen MR) is 68.5 cm³/mol. The Balaban J connectivity index is 2.02. The molecule has 0 bridgehead atoms. The van der Waals surface area contributed by atoms with Gasteiger partial charge in [-0.1, -0.05) is 12.1 Å². The second-order valence-electron chi connectivity index (χ2n) is 5.14. The van der Waals surface area contributed by atoms with Crippen LogP contribution in [0.25, 0.3) is 0 Å². The Morgan fingerprint density at radius 1 is 1.05 bits per heavy atom. The smallest absolute Gasteiger partial charge is 0.208 e. The summed E-state index contributed by atoms with van der Waals surface area (Å²) in [6.07, 6.45) is -4.28. The fraction of sp³-hybridized carbons (Fsp3) is 0.538. The average molecular weight is 325 g/mol. The van der Waals surface area contributed by atoms with E-state index in [0.717, 1.165) is 12.1 Å². The Bertz CT molecular complexity index is 592. The van der Waals surface area contributed by atoms with Crippen LogP contribution < -0.4 is 4.72 Å². The zero-order valence-corrected chi connectivity index (χ0v) is 11.8. The van der Waals surface area contributed by atoms with E-state index in [0.29, 0.717) is 0 Å². The third-order valence-corrected chi connectivity index (χ3v) is 5.19. The van der Waals surface area contributed by atoms with Gasteiger partial charge in [-0.15, -0.1) is 0 Å². The molecule has 1 aromatic rings. The maximum atomic E-state index is 13.5. The number of sulfonamides is 1. The summed E-state index contributed by atoms with van der Waals surface area (Å²) in [5.74, 6) is -2.26. The van der Waals surface area contributed by atoms with Crippen LogP contribution in [0.1, 0.15) is 25.7 Å². The van der Waals surface area contributed by atoms with Crippen molar-refractivity contribution in [1.29, 1.82) is 0 Å². The Hall–Kier alpha value is -1.15. The van der Waals surface area contributed by atoms with Crippen LogP contribution >= 0.6 is 0 Å². The highest BCUT2D eigenvalue weighted by atomic mass is 32.2. The van der Waals surface area contributed by atoms with Gasteiger partial charge in [0.25, 0.3) is 0 Å². The Morgan fingerprint density at radius 2 is 1.62 bits per heavy atom. The van der Waals surface area contributed by atoms with E-state index in [1.54, 1.807) is 0 Å². The predicted octanol–water partition coefficient (Wildman–Crippen LogP) is 3.23. The van der Waals surface area contributed by atoms with Gasteiger partial charge in [0.1, 0.15) is 10.7 Å². The molecule has 0 unspecified atom stereocenters. The van der Waals surface area contributed by atoms with E-state index in [1.165, 1.54) is 12.1 Å². The first-order valence-electron chi connectivity index (χ1n) is 6.54. The molecular formula is C13H15F4NO2S. The summed E-state index contributed by atoms with van der Waals surface area (Å²) in [7, 11) is -4.05. The third-order valence-electron chi connectivity index (χ3n) is 3.64. The molecule has 1 saturated carbocycles. The molecule has 0 saturated heterocycles. The molecule has 118 valence electrons. The van der Waals surface area contributed by atoms with Crippen molar-refractivity contribution in [2.24, 2.45) is 5.92 Å². The van der Waals surface area contributed by atoms with Crippen molar-refractivity contribution in [2.75, 3.05) is 0 Å². The quantitative estimate of drug-likeness (QED) is 0.867. The van der Waals surface area contributed by atoms with Crippen LogP contribution in [0.2, 0.25) is 0 Å². The summed E-state index contributed by atoms with van der Waals surface area (Å²) in [6, 6.07) is 4.31. The number of hydrogen-bond acceptors (Lipinski definition) is 2. The molecule has 0 atom stereocenters. The van der Waals surface area contributed by atoms with Crippen molar-refractivity contribution in [2.45, 2.75) is 42.8 Å². The van der Waals surface area contributed by atoms with Gasteiger partial charge in [0.05, 0.1) is 5.92 Å². The van der Waals surface area contributed by atoms with E-state index in [2.05, 4.69) is 4.72 Å². The molecule has 0 aromatic heterocycles. The summed E-state index contributed by atoms with van der Waals surface area (Å²) >= 11 is 0. The number of halogens is 4. The number of hydrogen-bond donors (Lipinski definition) is 1. The van der Waals surface area contributed by atoms with Crippen LogP contribution in [-0.2, 0) is 10.0 Å². The highest BCUT2D eigenvalue weighted by Gasteiger charge is 2.42. The van der Waals surface area contributed by atoms with Gasteiger partial charge in [-0.3, -0.25) is 0 Å². The third kappa shape index (κ3) is 3.94. The SMILES string of the molecule is O=S(=O)(NC1CCC(C(F)(F)F)CC1)c1ccccc1F. The minimum atomic E-state index is -4.24. The van der Waals surface area contributed by atoms with Gasteiger partial charge in [-0.25, -0.2) is 17.5 Å². The second-order valence-corrected chi connectivity index (χ2v) is 6.82.